The number of rotatable bonds is 5. The van der Waals surface area contributed by atoms with Crippen LogP contribution in [-0.4, -0.2) is 17.1 Å². The SMILES string of the molecule is Cc1ccc(COc2ccc(C(O)=CC(=O)C(F)(F)F)cc2)cc1. The summed E-state index contributed by atoms with van der Waals surface area (Å²) in [5.74, 6) is -2.36. The fourth-order valence-corrected chi connectivity index (χ4v) is 1.86. The molecule has 0 amide bonds. The van der Waals surface area contributed by atoms with Crippen molar-refractivity contribution in [3.8, 4) is 5.75 Å². The molecule has 126 valence electrons. The van der Waals surface area contributed by atoms with Gasteiger partial charge in [0.1, 0.15) is 18.1 Å². The first kappa shape index (κ1) is 17.6. The third-order valence-corrected chi connectivity index (χ3v) is 3.22. The number of ether oxygens (including phenoxy) is 1. The van der Waals surface area contributed by atoms with Gasteiger partial charge < -0.3 is 9.84 Å². The van der Waals surface area contributed by atoms with Gasteiger partial charge >= 0.3 is 6.18 Å². The van der Waals surface area contributed by atoms with Gasteiger partial charge in [0.25, 0.3) is 5.78 Å². The zero-order chi connectivity index (χ0) is 17.7. The fraction of sp³-hybridized carbons (Fsp3) is 0.167. The number of hydrogen-bond acceptors (Lipinski definition) is 3. The van der Waals surface area contributed by atoms with Crippen molar-refractivity contribution in [3.05, 3.63) is 71.3 Å². The summed E-state index contributed by atoms with van der Waals surface area (Å²) in [6, 6.07) is 13.5. The Labute approximate surface area is 137 Å². The Morgan fingerprint density at radius 2 is 1.67 bits per heavy atom. The molecule has 3 nitrogen and oxygen atoms in total. The highest BCUT2D eigenvalue weighted by atomic mass is 19.4. The lowest BCUT2D eigenvalue weighted by Crippen LogP contribution is -2.20. The van der Waals surface area contributed by atoms with E-state index >= 15 is 0 Å². The van der Waals surface area contributed by atoms with E-state index in [9.17, 15) is 23.1 Å². The Morgan fingerprint density at radius 3 is 2.21 bits per heavy atom. The van der Waals surface area contributed by atoms with E-state index in [0.29, 0.717) is 12.4 Å². The molecule has 2 aromatic rings. The van der Waals surface area contributed by atoms with Gasteiger partial charge in [-0.05, 0) is 36.8 Å². The smallest absolute Gasteiger partial charge is 0.454 e. The maximum Gasteiger partial charge on any atom is 0.454 e. The molecule has 24 heavy (non-hydrogen) atoms. The first-order valence-electron chi connectivity index (χ1n) is 7.06. The van der Waals surface area contributed by atoms with Crippen molar-refractivity contribution < 1.29 is 27.8 Å². The lowest BCUT2D eigenvalue weighted by molar-refractivity contribution is -0.165. The number of benzene rings is 2. The summed E-state index contributed by atoms with van der Waals surface area (Å²) in [4.78, 5) is 10.8. The number of aryl methyl sites for hydroxylation is 1. The quantitative estimate of drug-likeness (QED) is 0.641. The molecule has 2 rings (SSSR count). The van der Waals surface area contributed by atoms with Gasteiger partial charge in [-0.15, -0.1) is 0 Å². The zero-order valence-electron chi connectivity index (χ0n) is 12.8. The van der Waals surface area contributed by atoms with Gasteiger partial charge in [-0.3, -0.25) is 4.79 Å². The highest BCUT2D eigenvalue weighted by Crippen LogP contribution is 2.22. The zero-order valence-corrected chi connectivity index (χ0v) is 12.8. The molecule has 0 spiro atoms. The molecule has 6 heteroatoms. The monoisotopic (exact) mass is 336 g/mol. The van der Waals surface area contributed by atoms with Gasteiger partial charge in [-0.25, -0.2) is 0 Å². The average Bonchev–Trinajstić information content (AvgIpc) is 2.54. The number of allylic oxidation sites excluding steroid dienone is 1. The van der Waals surface area contributed by atoms with Crippen LogP contribution in [0, 0.1) is 6.92 Å². The van der Waals surface area contributed by atoms with Crippen LogP contribution >= 0.6 is 0 Å². The van der Waals surface area contributed by atoms with Crippen LogP contribution in [0.5, 0.6) is 5.75 Å². The Morgan fingerprint density at radius 1 is 1.08 bits per heavy atom. The van der Waals surface area contributed by atoms with Gasteiger partial charge in [-0.2, -0.15) is 13.2 Å². The number of carbonyl (C=O) groups excluding carboxylic acids is 1. The van der Waals surface area contributed by atoms with Crippen LogP contribution in [0.4, 0.5) is 13.2 Å². The molecule has 1 N–H and O–H groups in total. The number of hydrogen-bond donors (Lipinski definition) is 1. The predicted molar refractivity (Wildman–Crippen MR) is 83.6 cm³/mol. The minimum Gasteiger partial charge on any atom is -0.507 e. The maximum atomic E-state index is 12.2. The van der Waals surface area contributed by atoms with E-state index in [-0.39, 0.29) is 11.6 Å². The molecule has 0 atom stereocenters. The second-order valence-corrected chi connectivity index (χ2v) is 5.19. The molecule has 0 aliphatic carbocycles. The fourth-order valence-electron chi connectivity index (χ4n) is 1.86. The minimum absolute atomic E-state index is 0.0929. The first-order chi connectivity index (χ1) is 11.3. The van der Waals surface area contributed by atoms with Crippen LogP contribution < -0.4 is 4.74 Å². The van der Waals surface area contributed by atoms with E-state index in [4.69, 9.17) is 4.74 Å². The van der Waals surface area contributed by atoms with Crippen LogP contribution in [0.1, 0.15) is 16.7 Å². The lowest BCUT2D eigenvalue weighted by atomic mass is 10.1. The molecule has 0 aliphatic heterocycles. The van der Waals surface area contributed by atoms with Crippen LogP contribution in [0.3, 0.4) is 0 Å². The molecule has 0 aromatic heterocycles. The van der Waals surface area contributed by atoms with Gasteiger partial charge in [0, 0.05) is 11.6 Å². The summed E-state index contributed by atoms with van der Waals surface area (Å²) in [5, 5.41) is 9.58. The number of carbonyl (C=O) groups is 1. The summed E-state index contributed by atoms with van der Waals surface area (Å²) >= 11 is 0. The molecule has 0 saturated heterocycles. The summed E-state index contributed by atoms with van der Waals surface area (Å²) in [5.41, 5.74) is 2.21. The number of alkyl halides is 3. The second kappa shape index (κ2) is 7.21. The van der Waals surface area contributed by atoms with E-state index < -0.39 is 17.7 Å². The Bertz CT molecular complexity index is 730. The second-order valence-electron chi connectivity index (χ2n) is 5.19. The van der Waals surface area contributed by atoms with E-state index in [1.807, 2.05) is 31.2 Å². The molecule has 0 radical (unpaired) electrons. The first-order valence-corrected chi connectivity index (χ1v) is 7.06. The van der Waals surface area contributed by atoms with Crippen molar-refractivity contribution in [1.82, 2.24) is 0 Å². The Balaban J connectivity index is 2.01. The van der Waals surface area contributed by atoms with E-state index in [1.165, 1.54) is 24.3 Å². The third-order valence-electron chi connectivity index (χ3n) is 3.22. The molecule has 0 aliphatic rings. The highest BCUT2D eigenvalue weighted by Gasteiger charge is 2.36. The van der Waals surface area contributed by atoms with Crippen molar-refractivity contribution in [2.24, 2.45) is 0 Å². The highest BCUT2D eigenvalue weighted by molar-refractivity contribution is 5.99. The molecular formula is C18H15F3O3. The van der Waals surface area contributed by atoms with Gasteiger partial charge in [0.15, 0.2) is 0 Å². The average molecular weight is 336 g/mol. The molecule has 0 bridgehead atoms. The molecule has 0 saturated carbocycles. The van der Waals surface area contributed by atoms with Crippen LogP contribution in [0.2, 0.25) is 0 Å². The maximum absolute atomic E-state index is 12.2. The third kappa shape index (κ3) is 4.87. The summed E-state index contributed by atoms with van der Waals surface area (Å²) < 4.78 is 42.0. The number of ketones is 1. The van der Waals surface area contributed by atoms with E-state index in [2.05, 4.69) is 0 Å². The predicted octanol–water partition coefficient (Wildman–Crippen LogP) is 4.60. The van der Waals surface area contributed by atoms with E-state index in [1.54, 1.807) is 0 Å². The number of halogens is 3. The van der Waals surface area contributed by atoms with Crippen molar-refractivity contribution in [1.29, 1.82) is 0 Å². The minimum atomic E-state index is -5.01. The molecule has 0 fully saturated rings. The van der Waals surface area contributed by atoms with Crippen molar-refractivity contribution in [3.63, 3.8) is 0 Å². The van der Waals surface area contributed by atoms with Gasteiger partial charge in [0.05, 0.1) is 0 Å². The molecule has 0 heterocycles. The summed E-state index contributed by atoms with van der Waals surface area (Å²) in [6.45, 7) is 2.32. The van der Waals surface area contributed by atoms with Gasteiger partial charge in [0.2, 0.25) is 0 Å². The summed E-state index contributed by atoms with van der Waals surface area (Å²) in [6.07, 6.45) is -4.85. The van der Waals surface area contributed by atoms with Crippen molar-refractivity contribution in [2.75, 3.05) is 0 Å². The van der Waals surface area contributed by atoms with Crippen molar-refractivity contribution in [2.45, 2.75) is 19.7 Å². The normalized spacial score (nSPS) is 12.1. The van der Waals surface area contributed by atoms with Gasteiger partial charge in [-0.1, -0.05) is 29.8 Å². The summed E-state index contributed by atoms with van der Waals surface area (Å²) in [7, 11) is 0. The standard InChI is InChI=1S/C18H15F3O3/c1-12-2-4-13(5-3-12)11-24-15-8-6-14(7-9-15)16(22)10-17(23)18(19,20)21/h2-10,22H,11H2,1H3. The molecular weight excluding hydrogens is 321 g/mol. The molecule has 2 aromatic carbocycles. The van der Waals surface area contributed by atoms with Crippen LogP contribution in [0.15, 0.2) is 54.6 Å². The van der Waals surface area contributed by atoms with Crippen molar-refractivity contribution >= 4 is 11.5 Å². The Kier molecular flexibility index (Phi) is 5.28. The molecule has 0 unspecified atom stereocenters. The Hall–Kier alpha value is -2.76. The van der Waals surface area contributed by atoms with E-state index in [0.717, 1.165) is 11.1 Å². The number of aliphatic hydroxyl groups is 1. The number of aliphatic hydroxyl groups excluding tert-OH is 1. The largest absolute Gasteiger partial charge is 0.507 e. The topological polar surface area (TPSA) is 46.5 Å². The lowest BCUT2D eigenvalue weighted by Gasteiger charge is -2.08. The van der Waals surface area contributed by atoms with Crippen LogP contribution in [-0.2, 0) is 11.4 Å². The van der Waals surface area contributed by atoms with Crippen LogP contribution in [0.25, 0.3) is 5.76 Å².